The Labute approximate surface area is 125 Å². The molecule has 1 saturated heterocycles. The van der Waals surface area contributed by atoms with E-state index in [1.807, 2.05) is 18.2 Å². The van der Waals surface area contributed by atoms with E-state index in [0.29, 0.717) is 6.04 Å². The van der Waals surface area contributed by atoms with Crippen molar-refractivity contribution in [1.29, 1.82) is 0 Å². The van der Waals surface area contributed by atoms with Crippen LogP contribution in [0.25, 0.3) is 11.0 Å². The number of aromatic amines is 1. The molecule has 1 atom stereocenters. The molecule has 0 amide bonds. The Bertz CT molecular complexity index is 587. The van der Waals surface area contributed by atoms with Gasteiger partial charge in [0.1, 0.15) is 11.6 Å². The summed E-state index contributed by atoms with van der Waals surface area (Å²) < 4.78 is 5.28. The molecule has 114 valence electrons. The van der Waals surface area contributed by atoms with Gasteiger partial charge in [0, 0.05) is 25.7 Å². The van der Waals surface area contributed by atoms with Crippen LogP contribution in [-0.4, -0.2) is 48.2 Å². The summed E-state index contributed by atoms with van der Waals surface area (Å²) in [6.45, 7) is 6.62. The van der Waals surface area contributed by atoms with Gasteiger partial charge in [-0.15, -0.1) is 0 Å². The van der Waals surface area contributed by atoms with Crippen molar-refractivity contribution in [3.63, 3.8) is 0 Å². The maximum Gasteiger partial charge on any atom is 0.124 e. The molecule has 0 radical (unpaired) electrons. The highest BCUT2D eigenvalue weighted by Crippen LogP contribution is 2.26. The third-order valence-electron chi connectivity index (χ3n) is 4.23. The van der Waals surface area contributed by atoms with E-state index in [2.05, 4.69) is 22.1 Å². The van der Waals surface area contributed by atoms with E-state index >= 15 is 0 Å². The van der Waals surface area contributed by atoms with Crippen molar-refractivity contribution in [2.75, 3.05) is 33.3 Å². The van der Waals surface area contributed by atoms with Crippen molar-refractivity contribution in [3.8, 4) is 5.75 Å². The Hall–Kier alpha value is -1.59. The van der Waals surface area contributed by atoms with Crippen LogP contribution in [0.15, 0.2) is 18.2 Å². The van der Waals surface area contributed by atoms with Crippen LogP contribution in [0.1, 0.15) is 31.6 Å². The van der Waals surface area contributed by atoms with Crippen LogP contribution in [-0.2, 0) is 0 Å². The number of hydrogen-bond acceptors (Lipinski definition) is 4. The van der Waals surface area contributed by atoms with Gasteiger partial charge in [-0.1, -0.05) is 6.92 Å². The van der Waals surface area contributed by atoms with Crippen molar-refractivity contribution < 1.29 is 4.74 Å². The summed E-state index contributed by atoms with van der Waals surface area (Å²) in [7, 11) is 1.69. The molecule has 0 spiro atoms. The molecule has 1 unspecified atom stereocenters. The van der Waals surface area contributed by atoms with Crippen molar-refractivity contribution in [1.82, 2.24) is 20.2 Å². The summed E-state index contributed by atoms with van der Waals surface area (Å²) in [6, 6.07) is 6.36. The minimum Gasteiger partial charge on any atom is -0.497 e. The van der Waals surface area contributed by atoms with Crippen LogP contribution in [0, 0.1) is 0 Å². The number of imidazole rings is 1. The average Bonchev–Trinajstić information content (AvgIpc) is 2.73. The number of aromatic nitrogens is 2. The molecule has 1 aromatic heterocycles. The molecular weight excluding hydrogens is 264 g/mol. The first-order valence-electron chi connectivity index (χ1n) is 7.80. The van der Waals surface area contributed by atoms with Crippen LogP contribution in [0.4, 0.5) is 0 Å². The van der Waals surface area contributed by atoms with Gasteiger partial charge in [-0.3, -0.25) is 4.90 Å². The van der Waals surface area contributed by atoms with Gasteiger partial charge in [0.15, 0.2) is 0 Å². The zero-order valence-electron chi connectivity index (χ0n) is 12.9. The van der Waals surface area contributed by atoms with Crippen LogP contribution < -0.4 is 10.1 Å². The van der Waals surface area contributed by atoms with Gasteiger partial charge in [-0.2, -0.15) is 0 Å². The number of hydrogen-bond donors (Lipinski definition) is 2. The highest BCUT2D eigenvalue weighted by atomic mass is 16.5. The van der Waals surface area contributed by atoms with Crippen molar-refractivity contribution >= 4 is 11.0 Å². The fraction of sp³-hybridized carbons (Fsp3) is 0.562. The summed E-state index contributed by atoms with van der Waals surface area (Å²) in [5.74, 6) is 1.94. The molecule has 3 rings (SSSR count). The molecule has 1 aromatic carbocycles. The van der Waals surface area contributed by atoms with E-state index in [-0.39, 0.29) is 0 Å². The van der Waals surface area contributed by atoms with Gasteiger partial charge in [0.05, 0.1) is 24.2 Å². The second kappa shape index (κ2) is 6.45. The zero-order chi connectivity index (χ0) is 14.7. The van der Waals surface area contributed by atoms with Crippen LogP contribution in [0.2, 0.25) is 0 Å². The largest absolute Gasteiger partial charge is 0.497 e. The number of H-pyrrole nitrogens is 1. The number of benzene rings is 1. The van der Waals surface area contributed by atoms with Gasteiger partial charge < -0.3 is 15.0 Å². The minimum atomic E-state index is 0.364. The third-order valence-corrected chi connectivity index (χ3v) is 4.23. The van der Waals surface area contributed by atoms with E-state index in [1.54, 1.807) is 7.11 Å². The quantitative estimate of drug-likeness (QED) is 0.906. The van der Waals surface area contributed by atoms with Crippen LogP contribution in [0.5, 0.6) is 5.75 Å². The van der Waals surface area contributed by atoms with E-state index in [1.165, 1.54) is 6.42 Å². The minimum absolute atomic E-state index is 0.364. The van der Waals surface area contributed by atoms with Crippen molar-refractivity contribution in [2.45, 2.75) is 25.8 Å². The molecule has 5 nitrogen and oxygen atoms in total. The molecular formula is C16H24N4O. The average molecular weight is 288 g/mol. The lowest BCUT2D eigenvalue weighted by atomic mass is 10.1. The number of nitrogens with zero attached hydrogens (tertiary/aromatic N) is 2. The Morgan fingerprint density at radius 2 is 2.24 bits per heavy atom. The summed E-state index contributed by atoms with van der Waals surface area (Å²) >= 11 is 0. The van der Waals surface area contributed by atoms with E-state index in [4.69, 9.17) is 9.72 Å². The summed E-state index contributed by atoms with van der Waals surface area (Å²) in [5.41, 5.74) is 2.06. The molecule has 0 aliphatic carbocycles. The smallest absolute Gasteiger partial charge is 0.124 e. The Balaban J connectivity index is 1.88. The predicted octanol–water partition coefficient (Wildman–Crippen LogP) is 2.32. The first-order valence-corrected chi connectivity index (χ1v) is 7.80. The molecule has 21 heavy (non-hydrogen) atoms. The number of methoxy groups -OCH3 is 1. The number of fused-ring (bicyclic) bond motifs is 1. The lowest BCUT2D eigenvalue weighted by Gasteiger charge is -2.27. The third kappa shape index (κ3) is 3.04. The normalized spacial score (nSPS) is 18.6. The topological polar surface area (TPSA) is 53.2 Å². The van der Waals surface area contributed by atoms with E-state index in [0.717, 1.165) is 55.2 Å². The first-order chi connectivity index (χ1) is 10.3. The molecule has 1 aliphatic rings. The molecule has 2 aromatic rings. The summed E-state index contributed by atoms with van der Waals surface area (Å²) in [5, 5.41) is 3.46. The second-order valence-electron chi connectivity index (χ2n) is 5.57. The molecule has 0 saturated carbocycles. The fourth-order valence-corrected chi connectivity index (χ4v) is 3.10. The second-order valence-corrected chi connectivity index (χ2v) is 5.57. The molecule has 2 N–H and O–H groups in total. The Morgan fingerprint density at radius 3 is 3.05 bits per heavy atom. The van der Waals surface area contributed by atoms with Gasteiger partial charge in [0.25, 0.3) is 0 Å². The summed E-state index contributed by atoms with van der Waals surface area (Å²) in [4.78, 5) is 10.8. The maximum absolute atomic E-state index is 5.28. The molecule has 1 aliphatic heterocycles. The lowest BCUT2D eigenvalue weighted by Crippen LogP contribution is -2.32. The standard InChI is InChI=1S/C16H24N4O/c1-3-15(20-9-4-7-17-8-10-20)16-18-13-6-5-12(21-2)11-14(13)19-16/h5-6,11,15,17H,3-4,7-10H2,1-2H3,(H,18,19). The number of ether oxygens (including phenoxy) is 1. The highest BCUT2D eigenvalue weighted by molar-refractivity contribution is 5.76. The highest BCUT2D eigenvalue weighted by Gasteiger charge is 2.22. The predicted molar refractivity (Wildman–Crippen MR) is 84.7 cm³/mol. The van der Waals surface area contributed by atoms with Gasteiger partial charge in [-0.25, -0.2) is 4.98 Å². The Kier molecular flexibility index (Phi) is 4.41. The monoisotopic (exact) mass is 288 g/mol. The molecule has 2 heterocycles. The SMILES string of the molecule is CCC(c1nc2ccc(OC)cc2[nH]1)N1CCCNCC1. The zero-order valence-corrected chi connectivity index (χ0v) is 12.9. The van der Waals surface area contributed by atoms with Crippen LogP contribution in [0.3, 0.4) is 0 Å². The fourth-order valence-electron chi connectivity index (χ4n) is 3.10. The van der Waals surface area contributed by atoms with Crippen molar-refractivity contribution in [3.05, 3.63) is 24.0 Å². The van der Waals surface area contributed by atoms with E-state index in [9.17, 15) is 0 Å². The molecule has 5 heteroatoms. The van der Waals surface area contributed by atoms with Gasteiger partial charge in [-0.05, 0) is 31.5 Å². The van der Waals surface area contributed by atoms with E-state index < -0.39 is 0 Å². The maximum atomic E-state index is 5.28. The van der Waals surface area contributed by atoms with Gasteiger partial charge >= 0.3 is 0 Å². The first kappa shape index (κ1) is 14.4. The lowest BCUT2D eigenvalue weighted by molar-refractivity contribution is 0.198. The Morgan fingerprint density at radius 1 is 1.33 bits per heavy atom. The number of nitrogens with one attached hydrogen (secondary N) is 2. The molecule has 0 bridgehead atoms. The summed E-state index contributed by atoms with van der Waals surface area (Å²) in [6.07, 6.45) is 2.27. The van der Waals surface area contributed by atoms with Crippen LogP contribution >= 0.6 is 0 Å². The molecule has 1 fully saturated rings. The van der Waals surface area contributed by atoms with Gasteiger partial charge in [0.2, 0.25) is 0 Å². The number of rotatable bonds is 4. The van der Waals surface area contributed by atoms with Crippen molar-refractivity contribution in [2.24, 2.45) is 0 Å².